The van der Waals surface area contributed by atoms with E-state index < -0.39 is 0 Å². The number of carbonyl (C=O) groups excluding carboxylic acids is 1. The zero-order chi connectivity index (χ0) is 14.8. The molecule has 1 aliphatic heterocycles. The summed E-state index contributed by atoms with van der Waals surface area (Å²) in [5, 5.41) is 0. The van der Waals surface area contributed by atoms with E-state index in [0.29, 0.717) is 0 Å². The van der Waals surface area contributed by atoms with Gasteiger partial charge in [-0.1, -0.05) is 55.5 Å². The quantitative estimate of drug-likeness (QED) is 0.825. The Morgan fingerprint density at radius 3 is 2.52 bits per heavy atom. The summed E-state index contributed by atoms with van der Waals surface area (Å²) in [6.07, 6.45) is 1.96. The molecule has 0 fully saturated rings. The highest BCUT2D eigenvalue weighted by atomic mass is 16.2. The van der Waals surface area contributed by atoms with E-state index in [1.54, 1.807) is 0 Å². The summed E-state index contributed by atoms with van der Waals surface area (Å²) in [7, 11) is 1.90. The van der Waals surface area contributed by atoms with E-state index in [4.69, 9.17) is 0 Å². The molecule has 0 saturated heterocycles. The number of hydrogen-bond acceptors (Lipinski definition) is 1. The van der Waals surface area contributed by atoms with E-state index >= 15 is 0 Å². The van der Waals surface area contributed by atoms with E-state index in [1.807, 2.05) is 18.0 Å². The molecule has 0 saturated carbocycles. The van der Waals surface area contributed by atoms with Crippen LogP contribution in [0.5, 0.6) is 0 Å². The molecule has 0 spiro atoms. The maximum absolute atomic E-state index is 12.8. The van der Waals surface area contributed by atoms with Gasteiger partial charge in [0.15, 0.2) is 0 Å². The lowest BCUT2D eigenvalue weighted by Crippen LogP contribution is -2.31. The van der Waals surface area contributed by atoms with Gasteiger partial charge in [0.1, 0.15) is 0 Å². The molecule has 2 nitrogen and oxygen atoms in total. The SMILES string of the molecule is CCc1ccc([C@H]2C(=O)N(C)CCc3ccccc32)cc1. The molecule has 0 aliphatic carbocycles. The Kier molecular flexibility index (Phi) is 3.78. The van der Waals surface area contributed by atoms with Crippen molar-refractivity contribution in [2.45, 2.75) is 25.7 Å². The number of amides is 1. The summed E-state index contributed by atoms with van der Waals surface area (Å²) in [4.78, 5) is 14.6. The van der Waals surface area contributed by atoms with Crippen molar-refractivity contribution in [3.63, 3.8) is 0 Å². The third-order valence-electron chi connectivity index (χ3n) is 4.43. The van der Waals surface area contributed by atoms with Gasteiger partial charge in [0.05, 0.1) is 5.92 Å². The van der Waals surface area contributed by atoms with Crippen molar-refractivity contribution in [2.75, 3.05) is 13.6 Å². The van der Waals surface area contributed by atoms with E-state index in [2.05, 4.69) is 49.4 Å². The van der Waals surface area contributed by atoms with Crippen molar-refractivity contribution < 1.29 is 4.79 Å². The minimum atomic E-state index is -0.167. The Labute approximate surface area is 126 Å². The summed E-state index contributed by atoms with van der Waals surface area (Å²) in [5.74, 6) is 0.0313. The Hall–Kier alpha value is -2.09. The second kappa shape index (κ2) is 5.72. The van der Waals surface area contributed by atoms with Crippen LogP contribution in [-0.4, -0.2) is 24.4 Å². The molecule has 1 heterocycles. The first-order chi connectivity index (χ1) is 10.2. The number of likely N-dealkylation sites (N-methyl/N-ethyl adjacent to an activating group) is 1. The molecule has 108 valence electrons. The van der Waals surface area contributed by atoms with Crippen LogP contribution in [0.1, 0.15) is 35.1 Å². The first-order valence-electron chi connectivity index (χ1n) is 7.62. The lowest BCUT2D eigenvalue weighted by atomic mass is 9.87. The van der Waals surface area contributed by atoms with Crippen molar-refractivity contribution in [1.29, 1.82) is 0 Å². The molecule has 2 aromatic rings. The summed E-state index contributed by atoms with van der Waals surface area (Å²) < 4.78 is 0. The Morgan fingerprint density at radius 2 is 1.81 bits per heavy atom. The van der Waals surface area contributed by atoms with Crippen molar-refractivity contribution in [1.82, 2.24) is 4.90 Å². The van der Waals surface area contributed by atoms with Crippen LogP contribution in [0.25, 0.3) is 0 Å². The molecule has 0 radical (unpaired) electrons. The summed E-state index contributed by atoms with van der Waals surface area (Å²) >= 11 is 0. The van der Waals surface area contributed by atoms with Crippen LogP contribution < -0.4 is 0 Å². The summed E-state index contributed by atoms with van der Waals surface area (Å²) in [5.41, 5.74) is 4.86. The normalized spacial score (nSPS) is 18.3. The lowest BCUT2D eigenvalue weighted by molar-refractivity contribution is -0.130. The fourth-order valence-corrected chi connectivity index (χ4v) is 3.06. The van der Waals surface area contributed by atoms with Gasteiger partial charge < -0.3 is 4.90 Å². The van der Waals surface area contributed by atoms with E-state index in [0.717, 1.165) is 30.5 Å². The molecular weight excluding hydrogens is 258 g/mol. The molecule has 0 aromatic heterocycles. The van der Waals surface area contributed by atoms with Crippen molar-refractivity contribution in [3.05, 3.63) is 70.8 Å². The summed E-state index contributed by atoms with van der Waals surface area (Å²) in [6.45, 7) is 2.94. The molecule has 1 amide bonds. The largest absolute Gasteiger partial charge is 0.345 e. The first kappa shape index (κ1) is 13.9. The maximum atomic E-state index is 12.8. The van der Waals surface area contributed by atoms with E-state index in [1.165, 1.54) is 11.1 Å². The Balaban J connectivity index is 2.09. The number of fused-ring (bicyclic) bond motifs is 1. The number of benzene rings is 2. The fourth-order valence-electron chi connectivity index (χ4n) is 3.06. The Morgan fingerprint density at radius 1 is 1.10 bits per heavy atom. The van der Waals surface area contributed by atoms with Gasteiger partial charge in [0.2, 0.25) is 5.91 Å². The zero-order valence-electron chi connectivity index (χ0n) is 12.7. The molecule has 0 N–H and O–H groups in total. The van der Waals surface area contributed by atoms with E-state index in [-0.39, 0.29) is 11.8 Å². The van der Waals surface area contributed by atoms with Crippen molar-refractivity contribution in [2.24, 2.45) is 0 Å². The predicted octanol–water partition coefficient (Wildman–Crippen LogP) is 3.40. The second-order valence-electron chi connectivity index (χ2n) is 5.74. The monoisotopic (exact) mass is 279 g/mol. The fraction of sp³-hybridized carbons (Fsp3) is 0.316. The molecule has 2 heteroatoms. The number of carbonyl (C=O) groups is 1. The average molecular weight is 279 g/mol. The predicted molar refractivity (Wildman–Crippen MR) is 85.4 cm³/mol. The number of hydrogen-bond donors (Lipinski definition) is 0. The van der Waals surface area contributed by atoms with Gasteiger partial charge in [-0.05, 0) is 35.1 Å². The average Bonchev–Trinajstić information content (AvgIpc) is 2.65. The molecule has 1 atom stereocenters. The second-order valence-corrected chi connectivity index (χ2v) is 5.74. The van der Waals surface area contributed by atoms with E-state index in [9.17, 15) is 4.79 Å². The van der Waals surface area contributed by atoms with Crippen LogP contribution in [0.4, 0.5) is 0 Å². The van der Waals surface area contributed by atoms with Gasteiger partial charge in [-0.25, -0.2) is 0 Å². The number of nitrogens with zero attached hydrogens (tertiary/aromatic N) is 1. The van der Waals surface area contributed by atoms with Crippen LogP contribution in [0.15, 0.2) is 48.5 Å². The van der Waals surface area contributed by atoms with Gasteiger partial charge in [0, 0.05) is 13.6 Å². The van der Waals surface area contributed by atoms with Gasteiger partial charge >= 0.3 is 0 Å². The highest BCUT2D eigenvalue weighted by Gasteiger charge is 2.30. The zero-order valence-corrected chi connectivity index (χ0v) is 12.7. The number of rotatable bonds is 2. The third kappa shape index (κ3) is 2.58. The first-order valence-corrected chi connectivity index (χ1v) is 7.62. The molecule has 2 aromatic carbocycles. The molecule has 21 heavy (non-hydrogen) atoms. The highest BCUT2D eigenvalue weighted by Crippen LogP contribution is 2.32. The van der Waals surface area contributed by atoms with Crippen LogP contribution in [0.2, 0.25) is 0 Å². The minimum Gasteiger partial charge on any atom is -0.345 e. The van der Waals surface area contributed by atoms with Crippen LogP contribution in [0, 0.1) is 0 Å². The van der Waals surface area contributed by atoms with Crippen LogP contribution >= 0.6 is 0 Å². The molecule has 1 aliphatic rings. The molecule has 3 rings (SSSR count). The topological polar surface area (TPSA) is 20.3 Å². The van der Waals surface area contributed by atoms with Crippen molar-refractivity contribution in [3.8, 4) is 0 Å². The third-order valence-corrected chi connectivity index (χ3v) is 4.43. The standard InChI is InChI=1S/C19H21NO/c1-3-14-8-10-16(11-9-14)18-17-7-5-4-6-15(17)12-13-20(2)19(18)21/h4-11,18H,3,12-13H2,1-2H3/t18-/m1/s1. The number of aryl methyl sites for hydroxylation is 1. The minimum absolute atomic E-state index is 0.167. The lowest BCUT2D eigenvalue weighted by Gasteiger charge is -2.21. The van der Waals surface area contributed by atoms with Gasteiger partial charge in [-0.2, -0.15) is 0 Å². The highest BCUT2D eigenvalue weighted by molar-refractivity contribution is 5.88. The Bertz CT molecular complexity index is 645. The molecule has 0 bridgehead atoms. The molecule has 0 unspecified atom stereocenters. The van der Waals surface area contributed by atoms with Crippen molar-refractivity contribution >= 4 is 5.91 Å². The smallest absolute Gasteiger partial charge is 0.234 e. The summed E-state index contributed by atoms with van der Waals surface area (Å²) in [6, 6.07) is 16.8. The van der Waals surface area contributed by atoms with Gasteiger partial charge in [-0.15, -0.1) is 0 Å². The van der Waals surface area contributed by atoms with Gasteiger partial charge in [0.25, 0.3) is 0 Å². The molecular formula is C19H21NO. The van der Waals surface area contributed by atoms with Gasteiger partial charge in [-0.3, -0.25) is 4.79 Å². The maximum Gasteiger partial charge on any atom is 0.234 e. The van der Waals surface area contributed by atoms with Crippen LogP contribution in [-0.2, 0) is 17.6 Å². The van der Waals surface area contributed by atoms with Crippen LogP contribution in [0.3, 0.4) is 0 Å².